The molecule has 0 aliphatic heterocycles. The third-order valence-electron chi connectivity index (χ3n) is 3.80. The minimum absolute atomic E-state index is 0.0975. The van der Waals surface area contributed by atoms with Gasteiger partial charge in [-0.15, -0.1) is 0 Å². The van der Waals surface area contributed by atoms with E-state index in [-0.39, 0.29) is 27.6 Å². The molecule has 0 atom stereocenters. The smallest absolute Gasteiger partial charge is 0.302 e. The van der Waals surface area contributed by atoms with E-state index < -0.39 is 10.0 Å². The number of rotatable bonds is 5. The first-order chi connectivity index (χ1) is 10.1. The third kappa shape index (κ3) is 3.26. The minimum atomic E-state index is -3.60. The second-order valence-electron chi connectivity index (χ2n) is 6.19. The highest BCUT2D eigenvalue weighted by molar-refractivity contribution is 7.89. The summed E-state index contributed by atoms with van der Waals surface area (Å²) in [5.74, 6) is 0.401. The van der Waals surface area contributed by atoms with Crippen LogP contribution in [0.25, 0.3) is 10.2 Å². The van der Waals surface area contributed by atoms with Gasteiger partial charge in [-0.2, -0.15) is 0 Å². The Morgan fingerprint density at radius 2 is 1.73 bits per heavy atom. The van der Waals surface area contributed by atoms with E-state index >= 15 is 0 Å². The van der Waals surface area contributed by atoms with Crippen molar-refractivity contribution in [3.63, 3.8) is 0 Å². The van der Waals surface area contributed by atoms with Crippen LogP contribution in [0.4, 0.5) is 0 Å². The fourth-order valence-corrected chi connectivity index (χ4v) is 5.12. The number of nitrogens with zero attached hydrogens (tertiary/aromatic N) is 1. The third-order valence-corrected chi connectivity index (χ3v) is 6.25. The summed E-state index contributed by atoms with van der Waals surface area (Å²) in [5.41, 5.74) is 0.748. The molecule has 122 valence electrons. The molecule has 0 aliphatic carbocycles. The molecule has 0 amide bonds. The Hall–Kier alpha value is -1.18. The summed E-state index contributed by atoms with van der Waals surface area (Å²) < 4.78 is 30.2. The largest absolute Gasteiger partial charge is 0.307 e. The molecule has 0 spiro atoms. The zero-order valence-electron chi connectivity index (χ0n) is 13.5. The van der Waals surface area contributed by atoms with Crippen LogP contribution in [0.15, 0.2) is 27.9 Å². The molecule has 2 rings (SSSR count). The van der Waals surface area contributed by atoms with Crippen LogP contribution in [-0.2, 0) is 17.1 Å². The van der Waals surface area contributed by atoms with Gasteiger partial charge in [0.15, 0.2) is 0 Å². The van der Waals surface area contributed by atoms with E-state index in [1.54, 1.807) is 25.2 Å². The normalized spacial score (nSPS) is 12.9. The van der Waals surface area contributed by atoms with Crippen LogP contribution in [0.3, 0.4) is 0 Å². The summed E-state index contributed by atoms with van der Waals surface area (Å²) >= 11 is 1.06. The molecule has 0 aliphatic rings. The predicted molar refractivity (Wildman–Crippen MR) is 90.9 cm³/mol. The number of aromatic nitrogens is 1. The van der Waals surface area contributed by atoms with Gasteiger partial charge >= 0.3 is 4.87 Å². The van der Waals surface area contributed by atoms with E-state index in [2.05, 4.69) is 4.72 Å². The summed E-state index contributed by atoms with van der Waals surface area (Å²) in [4.78, 5) is 11.8. The Labute approximate surface area is 135 Å². The fraction of sp³-hybridized carbons (Fsp3) is 0.533. The lowest BCUT2D eigenvalue weighted by molar-refractivity contribution is 0.355. The first kappa shape index (κ1) is 17.2. The van der Waals surface area contributed by atoms with Crippen molar-refractivity contribution in [2.75, 3.05) is 0 Å². The van der Waals surface area contributed by atoms with Gasteiger partial charge in [0.05, 0.1) is 15.1 Å². The van der Waals surface area contributed by atoms with Gasteiger partial charge < -0.3 is 4.57 Å². The molecule has 0 saturated heterocycles. The second-order valence-corrected chi connectivity index (χ2v) is 8.90. The van der Waals surface area contributed by atoms with E-state index in [4.69, 9.17) is 0 Å². The molecule has 1 heterocycles. The van der Waals surface area contributed by atoms with Crippen molar-refractivity contribution in [3.8, 4) is 0 Å². The van der Waals surface area contributed by atoms with Crippen molar-refractivity contribution in [1.82, 2.24) is 9.29 Å². The Morgan fingerprint density at radius 3 is 2.27 bits per heavy atom. The number of fused-ring (bicyclic) bond motifs is 1. The summed E-state index contributed by atoms with van der Waals surface area (Å²) in [7, 11) is -1.92. The molecular formula is C15H22N2O3S2. The van der Waals surface area contributed by atoms with Crippen molar-refractivity contribution in [1.29, 1.82) is 0 Å². The van der Waals surface area contributed by atoms with Crippen molar-refractivity contribution in [3.05, 3.63) is 27.9 Å². The summed E-state index contributed by atoms with van der Waals surface area (Å²) in [6.45, 7) is 8.00. The van der Waals surface area contributed by atoms with Gasteiger partial charge in [0, 0.05) is 13.1 Å². The van der Waals surface area contributed by atoms with Gasteiger partial charge in [0.2, 0.25) is 10.0 Å². The molecule has 5 nitrogen and oxygen atoms in total. The van der Waals surface area contributed by atoms with E-state index in [0.717, 1.165) is 16.9 Å². The van der Waals surface area contributed by atoms with Gasteiger partial charge in [-0.05, 0) is 30.0 Å². The maximum atomic E-state index is 12.6. The zero-order valence-corrected chi connectivity index (χ0v) is 15.1. The lowest BCUT2D eigenvalue weighted by Gasteiger charge is -2.25. The van der Waals surface area contributed by atoms with E-state index in [1.165, 1.54) is 4.57 Å². The maximum Gasteiger partial charge on any atom is 0.307 e. The predicted octanol–water partition coefficient (Wildman–Crippen LogP) is 2.56. The standard InChI is InChI=1S/C15H22N2O3S2/c1-9(2)14(10(3)4)16-22(19,20)11-6-7-12-13(8-11)21-15(18)17(12)5/h6-10,14,16H,1-5H3. The number of hydrogen-bond donors (Lipinski definition) is 1. The van der Waals surface area contributed by atoms with E-state index in [9.17, 15) is 13.2 Å². The van der Waals surface area contributed by atoms with Crippen LogP contribution < -0.4 is 9.60 Å². The highest BCUT2D eigenvalue weighted by atomic mass is 32.2. The van der Waals surface area contributed by atoms with Crippen LogP contribution in [0.5, 0.6) is 0 Å². The number of hydrogen-bond acceptors (Lipinski definition) is 4. The topological polar surface area (TPSA) is 68.2 Å². The van der Waals surface area contributed by atoms with Crippen molar-refractivity contribution < 1.29 is 8.42 Å². The first-order valence-electron chi connectivity index (χ1n) is 7.25. The molecule has 0 fully saturated rings. The molecule has 7 heteroatoms. The molecule has 1 aromatic heterocycles. The molecule has 0 saturated carbocycles. The Morgan fingerprint density at radius 1 is 1.14 bits per heavy atom. The fourth-order valence-electron chi connectivity index (χ4n) is 2.57. The Balaban J connectivity index is 2.43. The highest BCUT2D eigenvalue weighted by Crippen LogP contribution is 2.22. The molecule has 2 aromatic rings. The van der Waals surface area contributed by atoms with Crippen LogP contribution in [0.2, 0.25) is 0 Å². The second kappa shape index (κ2) is 6.14. The van der Waals surface area contributed by atoms with Crippen LogP contribution in [0, 0.1) is 11.8 Å². The van der Waals surface area contributed by atoms with Crippen molar-refractivity contribution in [2.24, 2.45) is 18.9 Å². The molecule has 22 heavy (non-hydrogen) atoms. The van der Waals surface area contributed by atoms with E-state index in [1.807, 2.05) is 27.7 Å². The average Bonchev–Trinajstić information content (AvgIpc) is 2.70. The van der Waals surface area contributed by atoms with Crippen molar-refractivity contribution >= 4 is 31.6 Å². The zero-order chi connectivity index (χ0) is 16.7. The van der Waals surface area contributed by atoms with Crippen LogP contribution in [-0.4, -0.2) is 19.0 Å². The maximum absolute atomic E-state index is 12.6. The summed E-state index contributed by atoms with van der Waals surface area (Å²) in [6, 6.07) is 4.67. The average molecular weight is 342 g/mol. The minimum Gasteiger partial charge on any atom is -0.302 e. The molecule has 0 radical (unpaired) electrons. The van der Waals surface area contributed by atoms with Crippen LogP contribution in [0.1, 0.15) is 27.7 Å². The Kier molecular flexibility index (Phi) is 4.79. The molecule has 1 N–H and O–H groups in total. The highest BCUT2D eigenvalue weighted by Gasteiger charge is 2.25. The number of nitrogens with one attached hydrogen (secondary N) is 1. The lowest BCUT2D eigenvalue weighted by atomic mass is 9.94. The number of thiazole rings is 1. The quantitative estimate of drug-likeness (QED) is 0.908. The summed E-state index contributed by atoms with van der Waals surface area (Å²) in [5, 5.41) is 0. The van der Waals surface area contributed by atoms with Crippen molar-refractivity contribution in [2.45, 2.75) is 38.6 Å². The van der Waals surface area contributed by atoms with Gasteiger partial charge in [-0.1, -0.05) is 39.0 Å². The van der Waals surface area contributed by atoms with Crippen LogP contribution >= 0.6 is 11.3 Å². The van der Waals surface area contributed by atoms with E-state index in [0.29, 0.717) is 4.70 Å². The van der Waals surface area contributed by atoms with Gasteiger partial charge in [-0.25, -0.2) is 13.1 Å². The lowest BCUT2D eigenvalue weighted by Crippen LogP contribution is -2.42. The van der Waals surface area contributed by atoms with Gasteiger partial charge in [0.25, 0.3) is 0 Å². The molecule has 1 aromatic carbocycles. The van der Waals surface area contributed by atoms with Gasteiger partial charge in [-0.3, -0.25) is 4.79 Å². The molecule has 0 unspecified atom stereocenters. The molecular weight excluding hydrogens is 320 g/mol. The SMILES string of the molecule is CC(C)C(NS(=O)(=O)c1ccc2c(c1)sc(=O)n2C)C(C)C. The number of aryl methyl sites for hydroxylation is 1. The Bertz CT molecular complexity index is 824. The van der Waals surface area contributed by atoms with Gasteiger partial charge in [0.1, 0.15) is 0 Å². The number of sulfonamides is 1. The number of benzene rings is 1. The monoisotopic (exact) mass is 342 g/mol. The summed E-state index contributed by atoms with van der Waals surface area (Å²) in [6.07, 6.45) is 0. The molecule has 0 bridgehead atoms. The first-order valence-corrected chi connectivity index (χ1v) is 9.55.